The number of rotatable bonds is 4. The summed E-state index contributed by atoms with van der Waals surface area (Å²) in [6, 6.07) is 10.8. The Morgan fingerprint density at radius 3 is 2.68 bits per heavy atom. The molecule has 100 valence electrons. The van der Waals surface area contributed by atoms with E-state index in [-0.39, 0.29) is 5.82 Å². The molecule has 0 aliphatic heterocycles. The second-order valence-corrected chi connectivity index (χ2v) is 5.19. The van der Waals surface area contributed by atoms with Gasteiger partial charge in [0.05, 0.1) is 7.11 Å². The van der Waals surface area contributed by atoms with Gasteiger partial charge in [0.15, 0.2) is 0 Å². The van der Waals surface area contributed by atoms with E-state index >= 15 is 0 Å². The van der Waals surface area contributed by atoms with Gasteiger partial charge in [0.2, 0.25) is 0 Å². The molecule has 0 spiro atoms. The Hall–Kier alpha value is -1.55. The molecule has 2 aromatic rings. The molecule has 1 N–H and O–H groups in total. The van der Waals surface area contributed by atoms with Crippen molar-refractivity contribution in [3.63, 3.8) is 0 Å². The van der Waals surface area contributed by atoms with E-state index in [2.05, 4.69) is 21.2 Å². The van der Waals surface area contributed by atoms with Crippen LogP contribution in [0.5, 0.6) is 5.75 Å². The predicted molar refractivity (Wildman–Crippen MR) is 79.2 cm³/mol. The van der Waals surface area contributed by atoms with Gasteiger partial charge in [0.1, 0.15) is 11.6 Å². The van der Waals surface area contributed by atoms with Gasteiger partial charge in [-0.15, -0.1) is 0 Å². The summed E-state index contributed by atoms with van der Waals surface area (Å²) >= 11 is 3.44. The van der Waals surface area contributed by atoms with Gasteiger partial charge in [0.25, 0.3) is 0 Å². The third-order valence-corrected chi connectivity index (χ3v) is 3.38. The first-order valence-electron chi connectivity index (χ1n) is 5.92. The minimum Gasteiger partial charge on any atom is -0.496 e. The van der Waals surface area contributed by atoms with Gasteiger partial charge in [-0.3, -0.25) is 0 Å². The fourth-order valence-electron chi connectivity index (χ4n) is 1.84. The topological polar surface area (TPSA) is 21.3 Å². The van der Waals surface area contributed by atoms with E-state index in [1.807, 2.05) is 18.2 Å². The van der Waals surface area contributed by atoms with Gasteiger partial charge < -0.3 is 10.1 Å². The number of methoxy groups -OCH3 is 1. The van der Waals surface area contributed by atoms with Gasteiger partial charge in [-0.2, -0.15) is 0 Å². The Morgan fingerprint density at radius 1 is 1.21 bits per heavy atom. The van der Waals surface area contributed by atoms with Crippen LogP contribution >= 0.6 is 15.9 Å². The molecule has 2 nitrogen and oxygen atoms in total. The zero-order valence-corrected chi connectivity index (χ0v) is 12.4. The van der Waals surface area contributed by atoms with Crippen molar-refractivity contribution in [3.8, 4) is 5.75 Å². The first kappa shape index (κ1) is 13.9. The minimum atomic E-state index is -0.189. The maximum atomic E-state index is 13.2. The maximum absolute atomic E-state index is 13.2. The Kier molecular flexibility index (Phi) is 4.43. The number of hydrogen-bond acceptors (Lipinski definition) is 2. The summed E-state index contributed by atoms with van der Waals surface area (Å²) in [5.41, 5.74) is 2.56. The summed E-state index contributed by atoms with van der Waals surface area (Å²) < 4.78 is 19.5. The minimum absolute atomic E-state index is 0.189. The van der Waals surface area contributed by atoms with Crippen LogP contribution in [0.15, 0.2) is 40.9 Å². The summed E-state index contributed by atoms with van der Waals surface area (Å²) in [5, 5.41) is 3.26. The van der Waals surface area contributed by atoms with Crippen LogP contribution in [0.25, 0.3) is 0 Å². The van der Waals surface area contributed by atoms with E-state index in [4.69, 9.17) is 4.74 Å². The highest BCUT2D eigenvalue weighted by Gasteiger charge is 2.04. The molecule has 0 aliphatic rings. The Bertz CT molecular complexity index is 586. The number of ether oxygens (including phenoxy) is 1. The normalized spacial score (nSPS) is 10.3. The lowest BCUT2D eigenvalue weighted by Gasteiger charge is -2.11. The standard InChI is InChI=1S/C15H15BrFNO/c1-10-7-13(4-5-14(10)17)18-9-11-8-12(16)3-6-15(11)19-2/h3-8,18H,9H2,1-2H3. The molecule has 19 heavy (non-hydrogen) atoms. The summed E-state index contributed by atoms with van der Waals surface area (Å²) in [6.07, 6.45) is 0. The van der Waals surface area contributed by atoms with Crippen molar-refractivity contribution < 1.29 is 9.13 Å². The molecule has 0 atom stereocenters. The Morgan fingerprint density at radius 2 is 2.00 bits per heavy atom. The molecule has 0 radical (unpaired) electrons. The molecule has 0 amide bonds. The smallest absolute Gasteiger partial charge is 0.126 e. The second kappa shape index (κ2) is 6.06. The molecule has 0 heterocycles. The number of aryl methyl sites for hydroxylation is 1. The fraction of sp³-hybridized carbons (Fsp3) is 0.200. The highest BCUT2D eigenvalue weighted by Crippen LogP contribution is 2.24. The molecule has 0 aliphatic carbocycles. The third-order valence-electron chi connectivity index (χ3n) is 2.88. The lowest BCUT2D eigenvalue weighted by Crippen LogP contribution is -2.02. The Labute approximate surface area is 120 Å². The van der Waals surface area contributed by atoms with E-state index in [1.54, 1.807) is 26.2 Å². The van der Waals surface area contributed by atoms with E-state index in [1.165, 1.54) is 6.07 Å². The number of nitrogens with one attached hydrogen (secondary N) is 1. The molecule has 0 aromatic heterocycles. The van der Waals surface area contributed by atoms with Crippen molar-refractivity contribution >= 4 is 21.6 Å². The van der Waals surface area contributed by atoms with Crippen LogP contribution in [-0.4, -0.2) is 7.11 Å². The van der Waals surface area contributed by atoms with E-state index in [0.717, 1.165) is 21.5 Å². The van der Waals surface area contributed by atoms with Crippen molar-refractivity contribution in [2.45, 2.75) is 13.5 Å². The van der Waals surface area contributed by atoms with Crippen molar-refractivity contribution in [2.75, 3.05) is 12.4 Å². The number of benzene rings is 2. The highest BCUT2D eigenvalue weighted by molar-refractivity contribution is 9.10. The average molecular weight is 324 g/mol. The largest absolute Gasteiger partial charge is 0.496 e. The van der Waals surface area contributed by atoms with E-state index in [0.29, 0.717) is 12.1 Å². The first-order valence-corrected chi connectivity index (χ1v) is 6.72. The molecule has 0 bridgehead atoms. The molecule has 0 saturated carbocycles. The van der Waals surface area contributed by atoms with Crippen LogP contribution in [0.1, 0.15) is 11.1 Å². The van der Waals surface area contributed by atoms with Crippen LogP contribution in [0.4, 0.5) is 10.1 Å². The monoisotopic (exact) mass is 323 g/mol. The highest BCUT2D eigenvalue weighted by atomic mass is 79.9. The van der Waals surface area contributed by atoms with Crippen LogP contribution in [0, 0.1) is 12.7 Å². The fourth-order valence-corrected chi connectivity index (χ4v) is 2.25. The lowest BCUT2D eigenvalue weighted by molar-refractivity contribution is 0.410. The second-order valence-electron chi connectivity index (χ2n) is 4.27. The molecule has 0 unspecified atom stereocenters. The van der Waals surface area contributed by atoms with Gasteiger partial charge in [-0.25, -0.2) is 4.39 Å². The maximum Gasteiger partial charge on any atom is 0.126 e. The number of anilines is 1. The molecule has 2 rings (SSSR count). The summed E-state index contributed by atoms with van der Waals surface area (Å²) in [6.45, 7) is 2.37. The Balaban J connectivity index is 2.13. The summed E-state index contributed by atoms with van der Waals surface area (Å²) in [4.78, 5) is 0. The summed E-state index contributed by atoms with van der Waals surface area (Å²) in [7, 11) is 1.65. The van der Waals surface area contributed by atoms with Crippen LogP contribution in [0.2, 0.25) is 0 Å². The lowest BCUT2D eigenvalue weighted by atomic mass is 10.1. The van der Waals surface area contributed by atoms with Crippen molar-refractivity contribution in [2.24, 2.45) is 0 Å². The average Bonchev–Trinajstić information content (AvgIpc) is 2.40. The zero-order chi connectivity index (χ0) is 13.8. The molecular formula is C15H15BrFNO. The SMILES string of the molecule is COc1ccc(Br)cc1CNc1ccc(F)c(C)c1. The zero-order valence-electron chi connectivity index (χ0n) is 10.8. The summed E-state index contributed by atoms with van der Waals surface area (Å²) in [5.74, 6) is 0.639. The van der Waals surface area contributed by atoms with Crippen molar-refractivity contribution in [1.29, 1.82) is 0 Å². The third kappa shape index (κ3) is 3.47. The van der Waals surface area contributed by atoms with Gasteiger partial charge in [0, 0.05) is 22.3 Å². The molecule has 2 aromatic carbocycles. The molecule has 0 fully saturated rings. The van der Waals surface area contributed by atoms with Crippen LogP contribution in [-0.2, 0) is 6.54 Å². The van der Waals surface area contributed by atoms with Crippen LogP contribution in [0.3, 0.4) is 0 Å². The van der Waals surface area contributed by atoms with Crippen LogP contribution < -0.4 is 10.1 Å². The number of halogens is 2. The molecule has 0 saturated heterocycles. The van der Waals surface area contributed by atoms with E-state index < -0.39 is 0 Å². The van der Waals surface area contributed by atoms with Gasteiger partial charge >= 0.3 is 0 Å². The van der Waals surface area contributed by atoms with Crippen molar-refractivity contribution in [3.05, 3.63) is 57.8 Å². The quantitative estimate of drug-likeness (QED) is 0.893. The van der Waals surface area contributed by atoms with Crippen molar-refractivity contribution in [1.82, 2.24) is 0 Å². The predicted octanol–water partition coefficient (Wildman–Crippen LogP) is 4.52. The molecular weight excluding hydrogens is 309 g/mol. The van der Waals surface area contributed by atoms with E-state index in [9.17, 15) is 4.39 Å². The number of hydrogen-bond donors (Lipinski definition) is 1. The van der Waals surface area contributed by atoms with Gasteiger partial charge in [-0.1, -0.05) is 15.9 Å². The van der Waals surface area contributed by atoms with Gasteiger partial charge in [-0.05, 0) is 48.9 Å². The first-order chi connectivity index (χ1) is 9.10. The molecule has 4 heteroatoms.